The molecule has 3 rings (SSSR count). The standard InChI is InChI=1S/C22H32O4/c1-5-7-8-9-10-11-17(23)19-16-14-22(12-6-2)20(15(16)13-18(19)24)25-21(3,4)26-22/h6,10-11,13,16-17,19-20,23H,2,5,7-9,12,14H2,1,3-4H3/b11-10+/t16-,17-,19-,20+,22-/m0/s1. The van der Waals surface area contributed by atoms with Crippen molar-refractivity contribution in [1.29, 1.82) is 0 Å². The van der Waals surface area contributed by atoms with Crippen LogP contribution in [0.2, 0.25) is 0 Å². The number of unbranched alkanes of at least 4 members (excludes halogenated alkanes) is 3. The second-order valence-corrected chi connectivity index (χ2v) is 8.35. The smallest absolute Gasteiger partial charge is 0.164 e. The molecule has 0 spiro atoms. The van der Waals surface area contributed by atoms with Gasteiger partial charge in [-0.2, -0.15) is 0 Å². The number of carbonyl (C=O) groups is 1. The van der Waals surface area contributed by atoms with Crippen molar-refractivity contribution >= 4 is 5.78 Å². The van der Waals surface area contributed by atoms with Crippen LogP contribution in [-0.4, -0.2) is 34.5 Å². The van der Waals surface area contributed by atoms with Gasteiger partial charge in [0.05, 0.1) is 12.0 Å². The molecule has 3 aliphatic rings. The number of allylic oxidation sites excluding steroid dienone is 2. The molecule has 0 amide bonds. The van der Waals surface area contributed by atoms with Crippen LogP contribution in [0.1, 0.15) is 59.3 Å². The van der Waals surface area contributed by atoms with Gasteiger partial charge in [0, 0.05) is 0 Å². The number of ketones is 1. The first-order valence-electron chi connectivity index (χ1n) is 9.92. The van der Waals surface area contributed by atoms with Gasteiger partial charge in [-0.05, 0) is 57.1 Å². The molecule has 4 nitrogen and oxygen atoms in total. The largest absolute Gasteiger partial charge is 0.388 e. The number of fused-ring (bicyclic) bond motifs is 3. The minimum atomic E-state index is -0.754. The van der Waals surface area contributed by atoms with Gasteiger partial charge in [0.1, 0.15) is 11.7 Å². The third kappa shape index (κ3) is 3.47. The fourth-order valence-corrected chi connectivity index (χ4v) is 4.89. The lowest BCUT2D eigenvalue weighted by atomic mass is 9.84. The van der Waals surface area contributed by atoms with Crippen molar-refractivity contribution in [2.24, 2.45) is 11.8 Å². The molecule has 0 aromatic heterocycles. The van der Waals surface area contributed by atoms with E-state index in [9.17, 15) is 9.90 Å². The fourth-order valence-electron chi connectivity index (χ4n) is 4.89. The van der Waals surface area contributed by atoms with Gasteiger partial charge in [-0.3, -0.25) is 4.79 Å². The maximum Gasteiger partial charge on any atom is 0.164 e. The van der Waals surface area contributed by atoms with Gasteiger partial charge in [0.2, 0.25) is 0 Å². The van der Waals surface area contributed by atoms with Crippen LogP contribution in [0, 0.1) is 11.8 Å². The van der Waals surface area contributed by atoms with Crippen LogP contribution in [0.3, 0.4) is 0 Å². The molecule has 4 heteroatoms. The molecular formula is C22H32O4. The third-order valence-corrected chi connectivity index (χ3v) is 5.86. The van der Waals surface area contributed by atoms with Crippen LogP contribution >= 0.6 is 0 Å². The number of hydrogen-bond acceptors (Lipinski definition) is 4. The molecule has 0 radical (unpaired) electrons. The summed E-state index contributed by atoms with van der Waals surface area (Å²) in [5.41, 5.74) is 0.525. The van der Waals surface area contributed by atoms with Crippen LogP contribution < -0.4 is 0 Å². The topological polar surface area (TPSA) is 55.8 Å². The number of ether oxygens (including phenoxy) is 2. The fraction of sp³-hybridized carbons (Fsp3) is 0.682. The first-order valence-corrected chi connectivity index (χ1v) is 9.92. The second kappa shape index (κ2) is 7.41. The summed E-state index contributed by atoms with van der Waals surface area (Å²) in [6.07, 6.45) is 12.2. The molecule has 2 fully saturated rings. The van der Waals surface area contributed by atoms with E-state index in [0.29, 0.717) is 12.8 Å². The Morgan fingerprint density at radius 1 is 1.42 bits per heavy atom. The van der Waals surface area contributed by atoms with E-state index in [1.165, 1.54) is 12.8 Å². The monoisotopic (exact) mass is 360 g/mol. The molecule has 1 saturated carbocycles. The molecule has 144 valence electrons. The van der Waals surface area contributed by atoms with E-state index < -0.39 is 23.4 Å². The van der Waals surface area contributed by atoms with E-state index in [1.807, 2.05) is 26.0 Å². The number of hydrogen-bond donors (Lipinski definition) is 1. The summed E-state index contributed by atoms with van der Waals surface area (Å²) < 4.78 is 12.4. The molecule has 26 heavy (non-hydrogen) atoms. The Morgan fingerprint density at radius 3 is 2.88 bits per heavy atom. The number of aliphatic hydroxyl groups is 1. The summed E-state index contributed by atoms with van der Waals surface area (Å²) in [4.78, 5) is 12.6. The highest BCUT2D eigenvalue weighted by Crippen LogP contribution is 2.57. The molecule has 1 N–H and O–H groups in total. The van der Waals surface area contributed by atoms with Crippen molar-refractivity contribution in [3.8, 4) is 0 Å². The Kier molecular flexibility index (Phi) is 5.57. The predicted octanol–water partition coefficient (Wildman–Crippen LogP) is 4.10. The summed E-state index contributed by atoms with van der Waals surface area (Å²) in [6, 6.07) is 0. The van der Waals surface area contributed by atoms with Gasteiger partial charge in [-0.25, -0.2) is 0 Å². The van der Waals surface area contributed by atoms with Gasteiger partial charge in [0.25, 0.3) is 0 Å². The molecule has 1 aliphatic heterocycles. The van der Waals surface area contributed by atoms with Gasteiger partial charge in [-0.15, -0.1) is 6.58 Å². The number of aliphatic hydroxyl groups excluding tert-OH is 1. The van der Waals surface area contributed by atoms with Crippen LogP contribution in [-0.2, 0) is 14.3 Å². The molecule has 1 saturated heterocycles. The molecule has 1 heterocycles. The van der Waals surface area contributed by atoms with Crippen molar-refractivity contribution in [2.75, 3.05) is 0 Å². The summed E-state index contributed by atoms with van der Waals surface area (Å²) >= 11 is 0. The highest BCUT2D eigenvalue weighted by molar-refractivity contribution is 5.97. The van der Waals surface area contributed by atoms with Crippen molar-refractivity contribution in [3.63, 3.8) is 0 Å². The van der Waals surface area contributed by atoms with Crippen LogP contribution in [0.25, 0.3) is 0 Å². The summed E-state index contributed by atoms with van der Waals surface area (Å²) in [6.45, 7) is 9.86. The summed E-state index contributed by atoms with van der Waals surface area (Å²) in [7, 11) is 0. The van der Waals surface area contributed by atoms with Crippen LogP contribution in [0.15, 0.2) is 36.5 Å². The van der Waals surface area contributed by atoms with E-state index in [-0.39, 0.29) is 17.8 Å². The van der Waals surface area contributed by atoms with Crippen molar-refractivity contribution in [1.82, 2.24) is 0 Å². The van der Waals surface area contributed by atoms with Crippen molar-refractivity contribution < 1.29 is 19.4 Å². The zero-order valence-electron chi connectivity index (χ0n) is 16.2. The zero-order valence-corrected chi connectivity index (χ0v) is 16.2. The zero-order chi connectivity index (χ0) is 18.9. The minimum Gasteiger partial charge on any atom is -0.388 e. The Bertz CT molecular complexity index is 618. The maximum atomic E-state index is 12.6. The van der Waals surface area contributed by atoms with E-state index in [1.54, 1.807) is 12.2 Å². The normalized spacial score (nSPS) is 36.2. The lowest BCUT2D eigenvalue weighted by molar-refractivity contribution is -0.168. The quantitative estimate of drug-likeness (QED) is 0.523. The average molecular weight is 360 g/mol. The number of rotatable bonds is 8. The van der Waals surface area contributed by atoms with E-state index >= 15 is 0 Å². The van der Waals surface area contributed by atoms with Gasteiger partial charge >= 0.3 is 0 Å². The SMILES string of the molecule is C=CC[C@]12C[C@H]3C(=CC(=O)[C@@H]3[C@@H](O)/C=C/CCCCC)[C@H]1OC(C)(C)O2. The third-order valence-electron chi connectivity index (χ3n) is 5.86. The van der Waals surface area contributed by atoms with Crippen molar-refractivity contribution in [2.45, 2.75) is 82.9 Å². The van der Waals surface area contributed by atoms with Crippen LogP contribution in [0.4, 0.5) is 0 Å². The average Bonchev–Trinajstić information content (AvgIpc) is 3.09. The molecular weight excluding hydrogens is 328 g/mol. The van der Waals surface area contributed by atoms with Gasteiger partial charge < -0.3 is 14.6 Å². The first kappa shape index (κ1) is 19.5. The summed E-state index contributed by atoms with van der Waals surface area (Å²) in [5, 5.41) is 10.7. The lowest BCUT2D eigenvalue weighted by Crippen LogP contribution is -2.37. The van der Waals surface area contributed by atoms with E-state index in [4.69, 9.17) is 9.47 Å². The Labute approximate surface area is 156 Å². The molecule has 0 unspecified atom stereocenters. The predicted molar refractivity (Wildman–Crippen MR) is 102 cm³/mol. The Hall–Kier alpha value is -1.23. The first-order chi connectivity index (χ1) is 12.3. The lowest BCUT2D eigenvalue weighted by Gasteiger charge is -2.29. The molecule has 0 aromatic carbocycles. The van der Waals surface area contributed by atoms with E-state index in [0.717, 1.165) is 18.4 Å². The highest BCUT2D eigenvalue weighted by Gasteiger charge is 2.63. The molecule has 0 bridgehead atoms. The van der Waals surface area contributed by atoms with Crippen molar-refractivity contribution in [3.05, 3.63) is 36.5 Å². The van der Waals surface area contributed by atoms with Gasteiger partial charge in [-0.1, -0.05) is 38.0 Å². The number of carbonyl (C=O) groups excluding carboxylic acids is 1. The molecule has 0 aromatic rings. The molecule has 2 aliphatic carbocycles. The van der Waals surface area contributed by atoms with Crippen LogP contribution in [0.5, 0.6) is 0 Å². The van der Waals surface area contributed by atoms with Gasteiger partial charge in [0.15, 0.2) is 11.6 Å². The van der Waals surface area contributed by atoms with E-state index in [2.05, 4.69) is 13.5 Å². The minimum absolute atomic E-state index is 0.0104. The summed E-state index contributed by atoms with van der Waals surface area (Å²) in [5.74, 6) is -1.09. The highest BCUT2D eigenvalue weighted by atomic mass is 16.8. The second-order valence-electron chi connectivity index (χ2n) is 8.35. The maximum absolute atomic E-state index is 12.6. The molecule has 5 atom stereocenters. The Morgan fingerprint density at radius 2 is 2.19 bits per heavy atom. The Balaban J connectivity index is 1.74.